The van der Waals surface area contributed by atoms with Crippen molar-refractivity contribution in [3.05, 3.63) is 121 Å². The normalized spacial score (nSPS) is 15.1. The lowest BCUT2D eigenvalue weighted by Crippen LogP contribution is -2.15. The highest BCUT2D eigenvalue weighted by molar-refractivity contribution is 5.86. The van der Waals surface area contributed by atoms with Gasteiger partial charge in [0.05, 0.1) is 0 Å². The predicted octanol–water partition coefficient (Wildman–Crippen LogP) is 8.28. The third-order valence-electron chi connectivity index (χ3n) is 5.70. The second kappa shape index (κ2) is 8.49. The largest absolute Gasteiger partial charge is 0.0991 e. The van der Waals surface area contributed by atoms with E-state index in [4.69, 9.17) is 0 Å². The van der Waals surface area contributed by atoms with Gasteiger partial charge in [-0.1, -0.05) is 107 Å². The third kappa shape index (κ3) is 3.76. The van der Waals surface area contributed by atoms with Gasteiger partial charge >= 0.3 is 0 Å². The molecule has 29 heavy (non-hydrogen) atoms. The lowest BCUT2D eigenvalue weighted by Gasteiger charge is -2.23. The minimum absolute atomic E-state index is 0.0589. The standard InChI is InChI=1S/C29H30/c1-7-11-14-22(13-9-3)24-16-18-26-25-17-15-23(21(10-4)12-8-2)19-27(25)29(5,6)28(26)20-24/h7-8,10-20H,1-2,4,9H2,3,5-6H3/b14-11-,21-12+,22-13+. The first-order valence-corrected chi connectivity index (χ1v) is 10.2. The summed E-state index contributed by atoms with van der Waals surface area (Å²) in [7, 11) is 0. The van der Waals surface area contributed by atoms with Crippen molar-refractivity contribution >= 4 is 11.1 Å². The number of benzene rings is 2. The molecule has 0 saturated carbocycles. The molecule has 0 unspecified atom stereocenters. The van der Waals surface area contributed by atoms with E-state index in [2.05, 4.69) is 89.1 Å². The molecule has 0 fully saturated rings. The molecule has 0 heteroatoms. The van der Waals surface area contributed by atoms with Gasteiger partial charge in [0.25, 0.3) is 0 Å². The van der Waals surface area contributed by atoms with Crippen LogP contribution in [0.5, 0.6) is 0 Å². The molecule has 0 atom stereocenters. The van der Waals surface area contributed by atoms with Gasteiger partial charge in [-0.15, -0.1) is 0 Å². The van der Waals surface area contributed by atoms with Crippen LogP contribution < -0.4 is 0 Å². The lowest BCUT2D eigenvalue weighted by molar-refractivity contribution is 0.660. The average Bonchev–Trinajstić information content (AvgIpc) is 2.95. The van der Waals surface area contributed by atoms with Gasteiger partial charge in [-0.3, -0.25) is 0 Å². The first kappa shape index (κ1) is 20.6. The molecule has 0 nitrogen and oxygen atoms in total. The summed E-state index contributed by atoms with van der Waals surface area (Å²) in [6.45, 7) is 18.4. The van der Waals surface area contributed by atoms with Crippen molar-refractivity contribution in [2.24, 2.45) is 0 Å². The first-order valence-electron chi connectivity index (χ1n) is 10.2. The zero-order valence-electron chi connectivity index (χ0n) is 17.8. The van der Waals surface area contributed by atoms with Gasteiger partial charge in [0.1, 0.15) is 0 Å². The van der Waals surface area contributed by atoms with Crippen LogP contribution >= 0.6 is 0 Å². The van der Waals surface area contributed by atoms with Gasteiger partial charge in [0.15, 0.2) is 0 Å². The summed E-state index contributed by atoms with van der Waals surface area (Å²) < 4.78 is 0. The van der Waals surface area contributed by atoms with Crippen molar-refractivity contribution in [2.75, 3.05) is 0 Å². The maximum atomic E-state index is 3.96. The second-order valence-corrected chi connectivity index (χ2v) is 7.87. The van der Waals surface area contributed by atoms with E-state index in [1.165, 1.54) is 39.0 Å². The molecule has 0 aromatic heterocycles. The molecule has 0 heterocycles. The van der Waals surface area contributed by atoms with E-state index in [-0.39, 0.29) is 5.41 Å². The summed E-state index contributed by atoms with van der Waals surface area (Å²) in [6.07, 6.45) is 15.0. The van der Waals surface area contributed by atoms with Crippen LogP contribution in [0.1, 0.15) is 49.4 Å². The van der Waals surface area contributed by atoms with E-state index < -0.39 is 0 Å². The summed E-state index contributed by atoms with van der Waals surface area (Å²) >= 11 is 0. The van der Waals surface area contributed by atoms with Crippen molar-refractivity contribution in [1.82, 2.24) is 0 Å². The van der Waals surface area contributed by atoms with Crippen LogP contribution in [0.3, 0.4) is 0 Å². The van der Waals surface area contributed by atoms with Crippen LogP contribution in [0.2, 0.25) is 0 Å². The molecule has 0 N–H and O–H groups in total. The average molecular weight is 379 g/mol. The van der Waals surface area contributed by atoms with Crippen LogP contribution in [0.25, 0.3) is 22.3 Å². The summed E-state index contributed by atoms with van der Waals surface area (Å²) in [5, 5.41) is 0. The van der Waals surface area contributed by atoms with Crippen LogP contribution in [-0.2, 0) is 5.41 Å². The zero-order valence-corrected chi connectivity index (χ0v) is 17.8. The Labute approximate surface area is 176 Å². The highest BCUT2D eigenvalue weighted by Crippen LogP contribution is 2.50. The van der Waals surface area contributed by atoms with Crippen LogP contribution in [0.15, 0.2) is 98.7 Å². The Bertz CT molecular complexity index is 1050. The van der Waals surface area contributed by atoms with Gasteiger partial charge in [-0.25, -0.2) is 0 Å². The molecule has 0 aliphatic heterocycles. The van der Waals surface area contributed by atoms with E-state index >= 15 is 0 Å². The molecule has 0 spiro atoms. The number of hydrogen-bond acceptors (Lipinski definition) is 0. The van der Waals surface area contributed by atoms with Gasteiger partial charge in [-0.05, 0) is 63.1 Å². The summed E-state index contributed by atoms with van der Waals surface area (Å²) in [4.78, 5) is 0. The SMILES string of the molecule is C=C/C=C\C(=C/CC)c1ccc2c(c1)C(C)(C)c1cc(/C(C=C)=C/C=C)ccc1-2. The van der Waals surface area contributed by atoms with E-state index in [0.717, 1.165) is 12.0 Å². The third-order valence-corrected chi connectivity index (χ3v) is 5.70. The maximum Gasteiger partial charge on any atom is 0.0159 e. The quantitative estimate of drug-likeness (QED) is 0.425. The van der Waals surface area contributed by atoms with Crippen molar-refractivity contribution in [1.29, 1.82) is 0 Å². The molecule has 2 aromatic carbocycles. The summed E-state index contributed by atoms with van der Waals surface area (Å²) in [5.74, 6) is 0. The molecular weight excluding hydrogens is 348 g/mol. The molecular formula is C29H30. The molecule has 0 amide bonds. The fourth-order valence-corrected chi connectivity index (χ4v) is 4.18. The minimum atomic E-state index is -0.0589. The van der Waals surface area contributed by atoms with Crippen LogP contribution in [-0.4, -0.2) is 0 Å². The fraction of sp³-hybridized carbons (Fsp3) is 0.172. The summed E-state index contributed by atoms with van der Waals surface area (Å²) in [6, 6.07) is 13.6. The minimum Gasteiger partial charge on any atom is -0.0991 e. The van der Waals surface area contributed by atoms with E-state index in [9.17, 15) is 0 Å². The van der Waals surface area contributed by atoms with Gasteiger partial charge in [0, 0.05) is 5.41 Å². The molecule has 3 rings (SSSR count). The Hall–Kier alpha value is -3.12. The molecule has 0 radical (unpaired) electrons. The van der Waals surface area contributed by atoms with E-state index in [0.29, 0.717) is 0 Å². The maximum absolute atomic E-state index is 3.96. The Balaban J connectivity index is 2.14. The first-order chi connectivity index (χ1) is 14.0. The fourth-order valence-electron chi connectivity index (χ4n) is 4.18. The zero-order chi connectivity index (χ0) is 21.0. The Morgan fingerprint density at radius 1 is 0.862 bits per heavy atom. The second-order valence-electron chi connectivity index (χ2n) is 7.87. The monoisotopic (exact) mass is 378 g/mol. The van der Waals surface area contributed by atoms with Crippen LogP contribution in [0.4, 0.5) is 0 Å². The lowest BCUT2D eigenvalue weighted by atomic mass is 9.80. The van der Waals surface area contributed by atoms with E-state index in [1.807, 2.05) is 30.4 Å². The highest BCUT2D eigenvalue weighted by Gasteiger charge is 2.35. The molecule has 1 aliphatic rings. The molecule has 0 bridgehead atoms. The Morgan fingerprint density at radius 3 is 1.93 bits per heavy atom. The van der Waals surface area contributed by atoms with Crippen molar-refractivity contribution < 1.29 is 0 Å². The van der Waals surface area contributed by atoms with Crippen molar-refractivity contribution in [3.63, 3.8) is 0 Å². The van der Waals surface area contributed by atoms with Gasteiger partial charge < -0.3 is 0 Å². The molecule has 1 aliphatic carbocycles. The number of allylic oxidation sites excluding steroid dienone is 9. The Morgan fingerprint density at radius 2 is 1.45 bits per heavy atom. The van der Waals surface area contributed by atoms with Crippen molar-refractivity contribution in [3.8, 4) is 11.1 Å². The van der Waals surface area contributed by atoms with Gasteiger partial charge in [0.2, 0.25) is 0 Å². The number of hydrogen-bond donors (Lipinski definition) is 0. The molecule has 0 saturated heterocycles. The Kier molecular flexibility index (Phi) is 6.03. The highest BCUT2D eigenvalue weighted by atomic mass is 14.4. The van der Waals surface area contributed by atoms with Crippen LogP contribution in [0, 0.1) is 0 Å². The van der Waals surface area contributed by atoms with E-state index in [1.54, 1.807) is 0 Å². The number of rotatable bonds is 7. The predicted molar refractivity (Wildman–Crippen MR) is 130 cm³/mol. The van der Waals surface area contributed by atoms with Gasteiger partial charge in [-0.2, -0.15) is 0 Å². The smallest absolute Gasteiger partial charge is 0.0159 e. The molecule has 2 aromatic rings. The number of fused-ring (bicyclic) bond motifs is 3. The summed E-state index contributed by atoms with van der Waals surface area (Å²) in [5.41, 5.74) is 10.1. The molecule has 146 valence electrons. The topological polar surface area (TPSA) is 0 Å². The van der Waals surface area contributed by atoms with Crippen molar-refractivity contribution in [2.45, 2.75) is 32.6 Å².